The van der Waals surface area contributed by atoms with Crippen molar-refractivity contribution < 1.29 is 14.7 Å². The molecule has 0 saturated heterocycles. The van der Waals surface area contributed by atoms with E-state index in [-0.39, 0.29) is 12.2 Å². The Labute approximate surface area is 140 Å². The zero-order chi connectivity index (χ0) is 15.9. The molecule has 1 unspecified atom stereocenters. The topological polar surface area (TPSA) is 66.4 Å². The molecule has 1 amide bonds. The minimum Gasteiger partial charge on any atom is -0.375 e. The van der Waals surface area contributed by atoms with Gasteiger partial charge in [0, 0.05) is 26.3 Å². The van der Waals surface area contributed by atoms with Crippen LogP contribution in [-0.2, 0) is 10.4 Å². The van der Waals surface area contributed by atoms with E-state index in [0.717, 1.165) is 4.47 Å². The number of benzene rings is 2. The van der Waals surface area contributed by atoms with Gasteiger partial charge in [0.25, 0.3) is 5.91 Å². The smallest absolute Gasteiger partial charge is 0.261 e. The van der Waals surface area contributed by atoms with Crippen LogP contribution in [0.2, 0.25) is 5.02 Å². The van der Waals surface area contributed by atoms with E-state index >= 15 is 0 Å². The van der Waals surface area contributed by atoms with Gasteiger partial charge >= 0.3 is 0 Å². The van der Waals surface area contributed by atoms with Crippen LogP contribution in [0.5, 0.6) is 0 Å². The van der Waals surface area contributed by atoms with Crippen molar-refractivity contribution in [1.82, 2.24) is 0 Å². The highest BCUT2D eigenvalue weighted by molar-refractivity contribution is 9.10. The van der Waals surface area contributed by atoms with E-state index in [0.29, 0.717) is 21.8 Å². The average Bonchev–Trinajstić information content (AvgIpc) is 2.71. The largest absolute Gasteiger partial charge is 0.375 e. The van der Waals surface area contributed by atoms with Gasteiger partial charge < -0.3 is 10.4 Å². The van der Waals surface area contributed by atoms with E-state index in [1.807, 2.05) is 0 Å². The molecule has 112 valence electrons. The first-order valence-electron chi connectivity index (χ1n) is 6.53. The molecule has 2 aromatic carbocycles. The lowest BCUT2D eigenvalue weighted by molar-refractivity contribution is -0.133. The van der Waals surface area contributed by atoms with Crippen molar-refractivity contribution >= 4 is 44.9 Å². The van der Waals surface area contributed by atoms with Crippen LogP contribution in [0.3, 0.4) is 0 Å². The predicted octanol–water partition coefficient (Wildman–Crippen LogP) is 3.52. The Morgan fingerprint density at radius 3 is 2.77 bits per heavy atom. The second-order valence-electron chi connectivity index (χ2n) is 5.11. The molecular formula is C16H11BrClNO3. The lowest BCUT2D eigenvalue weighted by atomic mass is 9.88. The normalized spacial score (nSPS) is 19.7. The third kappa shape index (κ3) is 2.56. The summed E-state index contributed by atoms with van der Waals surface area (Å²) in [5.74, 6) is -0.945. The van der Waals surface area contributed by atoms with Gasteiger partial charge in [0.1, 0.15) is 0 Å². The highest BCUT2D eigenvalue weighted by Crippen LogP contribution is 2.40. The Kier molecular flexibility index (Phi) is 3.80. The van der Waals surface area contributed by atoms with Crippen molar-refractivity contribution in [2.24, 2.45) is 0 Å². The Hall–Kier alpha value is -1.69. The monoisotopic (exact) mass is 379 g/mol. The minimum atomic E-state index is -1.90. The fourth-order valence-corrected chi connectivity index (χ4v) is 3.06. The molecule has 6 heteroatoms. The summed E-state index contributed by atoms with van der Waals surface area (Å²) in [4.78, 5) is 24.5. The molecule has 2 aromatic rings. The number of rotatable bonds is 3. The highest BCUT2D eigenvalue weighted by Gasteiger charge is 2.46. The van der Waals surface area contributed by atoms with Gasteiger partial charge in [0.05, 0.1) is 6.42 Å². The molecule has 0 spiro atoms. The van der Waals surface area contributed by atoms with E-state index in [2.05, 4.69) is 21.2 Å². The molecule has 0 aromatic heterocycles. The van der Waals surface area contributed by atoms with Crippen LogP contribution < -0.4 is 5.32 Å². The number of amides is 1. The molecule has 22 heavy (non-hydrogen) atoms. The minimum absolute atomic E-state index is 0.327. The van der Waals surface area contributed by atoms with E-state index in [9.17, 15) is 14.7 Å². The molecule has 3 rings (SSSR count). The Morgan fingerprint density at radius 2 is 2.05 bits per heavy atom. The highest BCUT2D eigenvalue weighted by atomic mass is 79.9. The third-order valence-corrected chi connectivity index (χ3v) is 4.34. The Balaban J connectivity index is 1.96. The fraction of sp³-hybridized carbons (Fsp3) is 0.125. The molecule has 0 aliphatic carbocycles. The number of ketones is 1. The predicted molar refractivity (Wildman–Crippen MR) is 87.1 cm³/mol. The van der Waals surface area contributed by atoms with Gasteiger partial charge in [0.15, 0.2) is 11.4 Å². The van der Waals surface area contributed by atoms with Crippen molar-refractivity contribution in [2.75, 3.05) is 5.32 Å². The third-order valence-electron chi connectivity index (χ3n) is 3.61. The summed E-state index contributed by atoms with van der Waals surface area (Å²) in [6, 6.07) is 11.5. The molecule has 0 radical (unpaired) electrons. The van der Waals surface area contributed by atoms with Gasteiger partial charge in [0.2, 0.25) is 0 Å². The van der Waals surface area contributed by atoms with Crippen molar-refractivity contribution in [3.63, 3.8) is 0 Å². The zero-order valence-corrected chi connectivity index (χ0v) is 13.6. The molecule has 1 atom stereocenters. The lowest BCUT2D eigenvalue weighted by Crippen LogP contribution is -2.36. The Morgan fingerprint density at radius 1 is 1.27 bits per heavy atom. The van der Waals surface area contributed by atoms with E-state index < -0.39 is 11.5 Å². The molecular weight excluding hydrogens is 370 g/mol. The molecule has 2 N–H and O–H groups in total. The van der Waals surface area contributed by atoms with Gasteiger partial charge in [-0.1, -0.05) is 39.7 Å². The molecule has 1 heterocycles. The summed E-state index contributed by atoms with van der Waals surface area (Å²) >= 11 is 9.22. The second kappa shape index (κ2) is 5.50. The zero-order valence-electron chi connectivity index (χ0n) is 11.3. The number of Topliss-reactive ketones (excluding diaryl/α,β-unsaturated/α-hetero) is 1. The van der Waals surface area contributed by atoms with Crippen molar-refractivity contribution in [2.45, 2.75) is 12.0 Å². The first kappa shape index (κ1) is 15.2. The molecule has 0 saturated carbocycles. The number of anilines is 1. The standard InChI is InChI=1S/C16H11BrClNO3/c17-10-3-1-2-9(6-10)14(20)8-16(22)12-7-11(18)4-5-13(12)19-15(16)21/h1-7,22H,8H2,(H,19,21). The quantitative estimate of drug-likeness (QED) is 0.801. The average molecular weight is 381 g/mol. The number of hydrogen-bond acceptors (Lipinski definition) is 3. The number of fused-ring (bicyclic) bond motifs is 1. The Bertz CT molecular complexity index is 793. The summed E-state index contributed by atoms with van der Waals surface area (Å²) in [6.07, 6.45) is -0.345. The molecule has 1 aliphatic rings. The van der Waals surface area contributed by atoms with Crippen LogP contribution in [0.15, 0.2) is 46.9 Å². The van der Waals surface area contributed by atoms with Crippen LogP contribution in [0.25, 0.3) is 0 Å². The van der Waals surface area contributed by atoms with Crippen LogP contribution in [0.4, 0.5) is 5.69 Å². The molecule has 0 fully saturated rings. The van der Waals surface area contributed by atoms with Crippen LogP contribution in [-0.4, -0.2) is 16.8 Å². The maximum Gasteiger partial charge on any atom is 0.261 e. The van der Waals surface area contributed by atoms with Gasteiger partial charge in [-0.15, -0.1) is 0 Å². The number of hydrogen-bond donors (Lipinski definition) is 2. The first-order valence-corrected chi connectivity index (χ1v) is 7.70. The summed E-state index contributed by atoms with van der Waals surface area (Å²) < 4.78 is 0.754. The maximum absolute atomic E-state index is 12.4. The second-order valence-corrected chi connectivity index (χ2v) is 6.47. The van der Waals surface area contributed by atoms with Gasteiger partial charge in [-0.25, -0.2) is 0 Å². The van der Waals surface area contributed by atoms with Gasteiger partial charge in [-0.05, 0) is 30.3 Å². The van der Waals surface area contributed by atoms with Crippen molar-refractivity contribution in [3.8, 4) is 0 Å². The summed E-state index contributed by atoms with van der Waals surface area (Å²) in [6.45, 7) is 0. The molecule has 0 bridgehead atoms. The van der Waals surface area contributed by atoms with E-state index in [1.165, 1.54) is 6.07 Å². The number of carbonyl (C=O) groups excluding carboxylic acids is 2. The number of halogens is 2. The van der Waals surface area contributed by atoms with Gasteiger partial charge in [-0.2, -0.15) is 0 Å². The van der Waals surface area contributed by atoms with E-state index in [1.54, 1.807) is 36.4 Å². The SMILES string of the molecule is O=C(CC1(O)C(=O)Nc2ccc(Cl)cc21)c1cccc(Br)c1. The van der Waals surface area contributed by atoms with Crippen molar-refractivity contribution in [3.05, 3.63) is 63.1 Å². The maximum atomic E-state index is 12.4. The summed E-state index contributed by atoms with van der Waals surface area (Å²) in [5, 5.41) is 13.7. The first-order chi connectivity index (χ1) is 10.4. The van der Waals surface area contributed by atoms with Crippen LogP contribution >= 0.6 is 27.5 Å². The molecule has 4 nitrogen and oxygen atoms in total. The lowest BCUT2D eigenvalue weighted by Gasteiger charge is -2.20. The fourth-order valence-electron chi connectivity index (χ4n) is 2.49. The van der Waals surface area contributed by atoms with Gasteiger partial charge in [-0.3, -0.25) is 9.59 Å². The van der Waals surface area contributed by atoms with E-state index in [4.69, 9.17) is 11.6 Å². The number of carbonyl (C=O) groups is 2. The summed E-state index contributed by atoms with van der Waals surface area (Å²) in [5.41, 5.74) is -0.682. The van der Waals surface area contributed by atoms with Crippen LogP contribution in [0.1, 0.15) is 22.3 Å². The van der Waals surface area contributed by atoms with Crippen LogP contribution in [0, 0.1) is 0 Å². The number of aliphatic hydroxyl groups is 1. The van der Waals surface area contributed by atoms with Crippen molar-refractivity contribution in [1.29, 1.82) is 0 Å². The number of nitrogens with one attached hydrogen (secondary N) is 1. The summed E-state index contributed by atoms with van der Waals surface area (Å²) in [7, 11) is 0. The molecule has 1 aliphatic heterocycles.